The van der Waals surface area contributed by atoms with Crippen LogP contribution in [0.15, 0.2) is 36.7 Å². The van der Waals surface area contributed by atoms with E-state index in [2.05, 4.69) is 61.0 Å². The normalized spacial score (nSPS) is 14.2. The monoisotopic (exact) mass is 610 g/mol. The number of nitrogens with one attached hydrogen (secondary N) is 3. The van der Waals surface area contributed by atoms with E-state index in [1.165, 1.54) is 32.8 Å². The maximum absolute atomic E-state index is 11.3. The summed E-state index contributed by atoms with van der Waals surface area (Å²) in [6.45, 7) is 15.9. The van der Waals surface area contributed by atoms with Crippen LogP contribution in [0.2, 0.25) is 0 Å². The number of nitrogens with zero attached hydrogens (tertiary/aromatic N) is 7. The molecule has 244 valence electrons. The molecule has 12 heteroatoms. The van der Waals surface area contributed by atoms with Crippen molar-refractivity contribution in [2.75, 3.05) is 76.2 Å². The fraction of sp³-hybridized carbons (Fsp3) is 0.656. The topological polar surface area (TPSA) is 125 Å². The maximum atomic E-state index is 11.3. The Morgan fingerprint density at radius 1 is 1.00 bits per heavy atom. The second-order valence-corrected chi connectivity index (χ2v) is 11.0. The second-order valence-electron chi connectivity index (χ2n) is 11.0. The number of para-hydroxylation sites is 1. The molecule has 1 aromatic carbocycles. The molecule has 0 radical (unpaired) electrons. The minimum Gasteiger partial charge on any atom is -0.469 e. The number of fused-ring (bicyclic) bond motifs is 1. The van der Waals surface area contributed by atoms with Crippen molar-refractivity contribution in [1.29, 1.82) is 0 Å². The van der Waals surface area contributed by atoms with E-state index in [-0.39, 0.29) is 5.97 Å². The molecule has 2 aromatic heterocycles. The van der Waals surface area contributed by atoms with Crippen LogP contribution in [0.5, 0.6) is 0 Å². The van der Waals surface area contributed by atoms with E-state index in [9.17, 15) is 4.79 Å². The molecule has 1 atom stereocenters. The van der Waals surface area contributed by atoms with Gasteiger partial charge in [-0.15, -0.1) is 5.10 Å². The van der Waals surface area contributed by atoms with Gasteiger partial charge in [0.2, 0.25) is 5.95 Å². The van der Waals surface area contributed by atoms with Crippen molar-refractivity contribution in [3.8, 4) is 0 Å². The molecule has 4 rings (SSSR count). The quantitative estimate of drug-likeness (QED) is 0.145. The van der Waals surface area contributed by atoms with Gasteiger partial charge in [-0.1, -0.05) is 37.6 Å². The van der Waals surface area contributed by atoms with Gasteiger partial charge >= 0.3 is 5.97 Å². The number of carbonyl (C=O) groups excluding carboxylic acids is 1. The molecule has 1 unspecified atom stereocenters. The van der Waals surface area contributed by atoms with Crippen LogP contribution in [-0.2, 0) is 16.1 Å². The lowest BCUT2D eigenvalue weighted by molar-refractivity contribution is -0.141. The van der Waals surface area contributed by atoms with Crippen LogP contribution >= 0.6 is 0 Å². The number of hydrogen-bond acceptors (Lipinski definition) is 11. The molecule has 0 spiro atoms. The number of rotatable bonds is 18. The van der Waals surface area contributed by atoms with Gasteiger partial charge in [-0.3, -0.25) is 14.4 Å². The highest BCUT2D eigenvalue weighted by molar-refractivity contribution is 5.90. The van der Waals surface area contributed by atoms with Crippen LogP contribution < -0.4 is 20.9 Å². The number of hydrogen-bond donors (Lipinski definition) is 3. The highest BCUT2D eigenvalue weighted by atomic mass is 16.5. The third-order valence-electron chi connectivity index (χ3n) is 7.76. The summed E-state index contributed by atoms with van der Waals surface area (Å²) in [6, 6.07) is 8.82. The van der Waals surface area contributed by atoms with Crippen molar-refractivity contribution in [2.45, 2.75) is 71.9 Å². The van der Waals surface area contributed by atoms with Gasteiger partial charge in [-0.25, -0.2) is 4.98 Å². The largest absolute Gasteiger partial charge is 0.469 e. The molecular weight excluding hydrogens is 556 g/mol. The van der Waals surface area contributed by atoms with Crippen molar-refractivity contribution in [1.82, 2.24) is 40.5 Å². The van der Waals surface area contributed by atoms with E-state index in [4.69, 9.17) is 9.72 Å². The average molecular weight is 611 g/mol. The molecule has 1 aliphatic rings. The molecule has 1 fully saturated rings. The SMILES string of the molecule is CCCC(CC)NCCCNCCCn1ccnn1.CCNc1nc(N2CCN(CCC(=O)OC)CC2)c2ccccc2n1. The second kappa shape index (κ2) is 20.6. The number of esters is 1. The molecule has 3 N–H and O–H groups in total. The van der Waals surface area contributed by atoms with Crippen molar-refractivity contribution < 1.29 is 9.53 Å². The summed E-state index contributed by atoms with van der Waals surface area (Å²) in [5.41, 5.74) is 0.955. The Balaban J connectivity index is 0.000000251. The van der Waals surface area contributed by atoms with Crippen LogP contribution in [0.3, 0.4) is 0 Å². The van der Waals surface area contributed by atoms with E-state index in [0.29, 0.717) is 18.4 Å². The van der Waals surface area contributed by atoms with E-state index >= 15 is 0 Å². The number of methoxy groups -OCH3 is 1. The van der Waals surface area contributed by atoms with Gasteiger partial charge in [0.25, 0.3) is 0 Å². The zero-order valence-corrected chi connectivity index (χ0v) is 27.3. The van der Waals surface area contributed by atoms with Gasteiger partial charge in [-0.2, -0.15) is 4.98 Å². The lowest BCUT2D eigenvalue weighted by Gasteiger charge is -2.35. The third-order valence-corrected chi connectivity index (χ3v) is 7.76. The molecule has 3 aromatic rings. The summed E-state index contributed by atoms with van der Waals surface area (Å²) in [4.78, 5) is 25.2. The van der Waals surface area contributed by atoms with Crippen LogP contribution in [0.25, 0.3) is 10.9 Å². The Labute approximate surface area is 263 Å². The molecule has 0 amide bonds. The Hall–Kier alpha value is -3.35. The number of anilines is 2. The smallest absolute Gasteiger partial charge is 0.306 e. The fourth-order valence-electron chi connectivity index (χ4n) is 5.23. The zero-order valence-electron chi connectivity index (χ0n) is 27.3. The summed E-state index contributed by atoms with van der Waals surface area (Å²) in [5, 5.41) is 19.1. The first kappa shape index (κ1) is 35.1. The highest BCUT2D eigenvalue weighted by Gasteiger charge is 2.21. The Kier molecular flexibility index (Phi) is 16.4. The molecule has 3 heterocycles. The van der Waals surface area contributed by atoms with Gasteiger partial charge in [0, 0.05) is 63.4 Å². The van der Waals surface area contributed by atoms with Crippen molar-refractivity contribution in [3.05, 3.63) is 36.7 Å². The summed E-state index contributed by atoms with van der Waals surface area (Å²) in [7, 11) is 1.43. The number of piperazine rings is 1. The van der Waals surface area contributed by atoms with Crippen molar-refractivity contribution in [3.63, 3.8) is 0 Å². The predicted molar refractivity (Wildman–Crippen MR) is 178 cm³/mol. The molecule has 1 saturated heterocycles. The Morgan fingerprint density at radius 3 is 2.50 bits per heavy atom. The molecule has 0 saturated carbocycles. The van der Waals surface area contributed by atoms with Gasteiger partial charge in [0.1, 0.15) is 5.82 Å². The van der Waals surface area contributed by atoms with Crippen LogP contribution in [0.4, 0.5) is 11.8 Å². The first-order chi connectivity index (χ1) is 21.6. The highest BCUT2D eigenvalue weighted by Crippen LogP contribution is 2.26. The third kappa shape index (κ3) is 12.3. The minimum atomic E-state index is -0.153. The lowest BCUT2D eigenvalue weighted by atomic mass is 10.1. The minimum absolute atomic E-state index is 0.153. The molecule has 0 bridgehead atoms. The summed E-state index contributed by atoms with van der Waals surface area (Å²) in [5.74, 6) is 1.50. The summed E-state index contributed by atoms with van der Waals surface area (Å²) < 4.78 is 6.59. The van der Waals surface area contributed by atoms with Crippen molar-refractivity contribution in [2.24, 2.45) is 0 Å². The van der Waals surface area contributed by atoms with Gasteiger partial charge in [0.15, 0.2) is 0 Å². The number of benzene rings is 1. The average Bonchev–Trinajstić information content (AvgIpc) is 3.58. The number of aryl methyl sites for hydroxylation is 1. The zero-order chi connectivity index (χ0) is 31.4. The first-order valence-corrected chi connectivity index (χ1v) is 16.4. The molecule has 1 aliphatic heterocycles. The molecule has 44 heavy (non-hydrogen) atoms. The lowest BCUT2D eigenvalue weighted by Crippen LogP contribution is -2.47. The van der Waals surface area contributed by atoms with E-state index in [1.807, 2.05) is 36.0 Å². The van der Waals surface area contributed by atoms with Gasteiger partial charge in [0.05, 0.1) is 25.2 Å². The van der Waals surface area contributed by atoms with Crippen LogP contribution in [0, 0.1) is 0 Å². The maximum Gasteiger partial charge on any atom is 0.306 e. The first-order valence-electron chi connectivity index (χ1n) is 16.4. The summed E-state index contributed by atoms with van der Waals surface area (Å²) in [6.07, 6.45) is 10.2. The van der Waals surface area contributed by atoms with E-state index < -0.39 is 0 Å². The number of ether oxygens (including phenoxy) is 1. The van der Waals surface area contributed by atoms with Gasteiger partial charge in [-0.05, 0) is 64.4 Å². The predicted octanol–water partition coefficient (Wildman–Crippen LogP) is 3.56. The number of aromatic nitrogens is 5. The Morgan fingerprint density at radius 2 is 1.80 bits per heavy atom. The fourth-order valence-corrected chi connectivity index (χ4v) is 5.23. The number of carbonyl (C=O) groups is 1. The van der Waals surface area contributed by atoms with E-state index in [1.54, 1.807) is 6.20 Å². The molecule has 0 aliphatic carbocycles. The standard InChI is InChI=1S/C18H25N5O2.C14H29N5/c1-3-19-18-20-15-7-5-4-6-14(15)17(21-18)23-12-10-22(11-13-23)9-8-16(24)25-2;1-3-7-14(4-2)16-10-5-8-15-9-6-12-19-13-11-17-18-19/h4-7H,3,8-13H2,1-2H3,(H,19,20,21);11,13-16H,3-10,12H2,1-2H3. The van der Waals surface area contributed by atoms with Gasteiger partial charge < -0.3 is 25.6 Å². The molecular formula is C32H54N10O2. The van der Waals surface area contributed by atoms with Crippen molar-refractivity contribution >= 4 is 28.6 Å². The van der Waals surface area contributed by atoms with Crippen LogP contribution in [-0.4, -0.2) is 108 Å². The summed E-state index contributed by atoms with van der Waals surface area (Å²) >= 11 is 0. The van der Waals surface area contributed by atoms with Crippen LogP contribution in [0.1, 0.15) is 59.3 Å². The van der Waals surface area contributed by atoms with E-state index in [0.717, 1.165) is 88.6 Å². The molecule has 12 nitrogen and oxygen atoms in total. The Bertz CT molecular complexity index is 1190.